The first-order chi connectivity index (χ1) is 13.1. The minimum Gasteiger partial charge on any atom is -0.456 e. The van der Waals surface area contributed by atoms with Crippen LogP contribution >= 0.6 is 0 Å². The number of carbonyl (C=O) groups is 2. The summed E-state index contributed by atoms with van der Waals surface area (Å²) in [7, 11) is 0. The number of carbonyl (C=O) groups excluding carboxylic acids is 2. The third-order valence-corrected chi connectivity index (χ3v) is 4.77. The van der Waals surface area contributed by atoms with Gasteiger partial charge in [-0.25, -0.2) is 4.98 Å². The first-order valence-corrected chi connectivity index (χ1v) is 9.57. The van der Waals surface area contributed by atoms with E-state index in [0.717, 1.165) is 31.2 Å². The van der Waals surface area contributed by atoms with Gasteiger partial charge in [0, 0.05) is 18.0 Å². The minimum atomic E-state index is -0.427. The van der Waals surface area contributed by atoms with Gasteiger partial charge in [0.1, 0.15) is 0 Å². The lowest BCUT2D eigenvalue weighted by atomic mass is 9.95. The van der Waals surface area contributed by atoms with Crippen molar-refractivity contribution >= 4 is 11.9 Å². The molecule has 0 atom stereocenters. The SMILES string of the molecule is Cc1ccc(-c2cnc(CCC(=O)OCC(=O)NC3CCCCC3)o2)cc1. The van der Waals surface area contributed by atoms with Crippen LogP contribution in [0.2, 0.25) is 0 Å². The Bertz CT molecular complexity index is 761. The molecule has 6 nitrogen and oxygen atoms in total. The second kappa shape index (κ2) is 9.35. The molecule has 1 aromatic heterocycles. The summed E-state index contributed by atoms with van der Waals surface area (Å²) in [5, 5.41) is 2.93. The number of nitrogens with one attached hydrogen (secondary N) is 1. The number of hydrogen-bond acceptors (Lipinski definition) is 5. The van der Waals surface area contributed by atoms with E-state index in [9.17, 15) is 9.59 Å². The molecule has 6 heteroatoms. The molecule has 0 aliphatic heterocycles. The molecule has 0 bridgehead atoms. The first kappa shape index (κ1) is 19.1. The Balaban J connectivity index is 1.39. The number of hydrogen-bond donors (Lipinski definition) is 1. The van der Waals surface area contributed by atoms with Crippen LogP contribution in [-0.2, 0) is 20.7 Å². The van der Waals surface area contributed by atoms with Gasteiger partial charge >= 0.3 is 5.97 Å². The lowest BCUT2D eigenvalue weighted by Gasteiger charge is -2.22. The predicted octanol–water partition coefficient (Wildman–Crippen LogP) is 3.57. The van der Waals surface area contributed by atoms with Crippen molar-refractivity contribution in [3.05, 3.63) is 41.9 Å². The molecule has 1 aliphatic carbocycles. The molecule has 0 radical (unpaired) electrons. The number of oxazole rings is 1. The summed E-state index contributed by atoms with van der Waals surface area (Å²) in [5.41, 5.74) is 2.12. The molecule has 1 aliphatic rings. The van der Waals surface area contributed by atoms with Gasteiger partial charge in [-0.15, -0.1) is 0 Å². The number of ether oxygens (including phenoxy) is 1. The first-order valence-electron chi connectivity index (χ1n) is 9.57. The van der Waals surface area contributed by atoms with E-state index in [1.165, 1.54) is 12.0 Å². The largest absolute Gasteiger partial charge is 0.456 e. The maximum absolute atomic E-state index is 11.9. The summed E-state index contributed by atoms with van der Waals surface area (Å²) in [6.07, 6.45) is 7.66. The molecule has 0 saturated heterocycles. The molecule has 144 valence electrons. The van der Waals surface area contributed by atoms with Crippen LogP contribution in [0.25, 0.3) is 11.3 Å². The summed E-state index contributed by atoms with van der Waals surface area (Å²) >= 11 is 0. The van der Waals surface area contributed by atoms with Crippen LogP contribution in [0.3, 0.4) is 0 Å². The molecular weight excluding hydrogens is 344 g/mol. The normalized spacial score (nSPS) is 14.7. The molecule has 1 N–H and O–H groups in total. The Labute approximate surface area is 159 Å². The van der Waals surface area contributed by atoms with Crippen molar-refractivity contribution in [3.8, 4) is 11.3 Å². The summed E-state index contributed by atoms with van der Waals surface area (Å²) in [6.45, 7) is 1.80. The molecule has 1 saturated carbocycles. The molecule has 0 spiro atoms. The fraction of sp³-hybridized carbons (Fsp3) is 0.476. The Kier molecular flexibility index (Phi) is 6.63. The third-order valence-electron chi connectivity index (χ3n) is 4.77. The van der Waals surface area contributed by atoms with Gasteiger partial charge in [-0.3, -0.25) is 9.59 Å². The maximum atomic E-state index is 11.9. The summed E-state index contributed by atoms with van der Waals surface area (Å²) in [5.74, 6) is 0.497. The van der Waals surface area contributed by atoms with E-state index < -0.39 is 5.97 Å². The van der Waals surface area contributed by atoms with E-state index in [1.54, 1.807) is 6.20 Å². The van der Waals surface area contributed by atoms with Gasteiger partial charge in [-0.2, -0.15) is 0 Å². The predicted molar refractivity (Wildman–Crippen MR) is 101 cm³/mol. The van der Waals surface area contributed by atoms with Crippen molar-refractivity contribution in [3.63, 3.8) is 0 Å². The summed E-state index contributed by atoms with van der Waals surface area (Å²) < 4.78 is 10.7. The average molecular weight is 370 g/mol. The van der Waals surface area contributed by atoms with Crippen LogP contribution in [-0.4, -0.2) is 29.5 Å². The van der Waals surface area contributed by atoms with E-state index >= 15 is 0 Å². The highest BCUT2D eigenvalue weighted by atomic mass is 16.5. The number of amides is 1. The van der Waals surface area contributed by atoms with E-state index in [-0.39, 0.29) is 25.0 Å². The van der Waals surface area contributed by atoms with E-state index in [4.69, 9.17) is 9.15 Å². The van der Waals surface area contributed by atoms with Crippen LogP contribution in [0, 0.1) is 6.92 Å². The second-order valence-electron chi connectivity index (χ2n) is 7.05. The van der Waals surface area contributed by atoms with Gasteiger partial charge in [-0.1, -0.05) is 49.1 Å². The van der Waals surface area contributed by atoms with Gasteiger partial charge in [0.15, 0.2) is 18.3 Å². The van der Waals surface area contributed by atoms with Crippen LogP contribution in [0.15, 0.2) is 34.9 Å². The van der Waals surface area contributed by atoms with Crippen LogP contribution in [0.1, 0.15) is 50.0 Å². The van der Waals surface area contributed by atoms with E-state index in [0.29, 0.717) is 18.1 Å². The van der Waals surface area contributed by atoms with E-state index in [1.807, 2.05) is 31.2 Å². The van der Waals surface area contributed by atoms with Crippen LogP contribution < -0.4 is 5.32 Å². The number of aryl methyl sites for hydroxylation is 2. The van der Waals surface area contributed by atoms with Gasteiger partial charge in [0.05, 0.1) is 12.6 Å². The van der Waals surface area contributed by atoms with Crippen LogP contribution in [0.5, 0.6) is 0 Å². The topological polar surface area (TPSA) is 81.4 Å². The van der Waals surface area contributed by atoms with Crippen molar-refractivity contribution < 1.29 is 18.7 Å². The number of esters is 1. The van der Waals surface area contributed by atoms with Gasteiger partial charge in [0.2, 0.25) is 0 Å². The smallest absolute Gasteiger partial charge is 0.306 e. The highest BCUT2D eigenvalue weighted by Crippen LogP contribution is 2.21. The number of aromatic nitrogens is 1. The number of rotatable bonds is 7. The Morgan fingerprint density at radius 3 is 2.67 bits per heavy atom. The lowest BCUT2D eigenvalue weighted by Crippen LogP contribution is -2.38. The van der Waals surface area contributed by atoms with Crippen LogP contribution in [0.4, 0.5) is 0 Å². The molecule has 1 amide bonds. The molecule has 1 aromatic carbocycles. The zero-order chi connectivity index (χ0) is 19.1. The summed E-state index contributed by atoms with van der Waals surface area (Å²) in [4.78, 5) is 27.9. The second-order valence-corrected chi connectivity index (χ2v) is 7.05. The average Bonchev–Trinajstić information content (AvgIpc) is 3.15. The minimum absolute atomic E-state index is 0.130. The molecular formula is C21H26N2O4. The molecule has 2 aromatic rings. The fourth-order valence-electron chi connectivity index (χ4n) is 3.22. The van der Waals surface area contributed by atoms with Crippen molar-refractivity contribution in [1.29, 1.82) is 0 Å². The van der Waals surface area contributed by atoms with Crippen molar-refractivity contribution in [1.82, 2.24) is 10.3 Å². The van der Waals surface area contributed by atoms with Gasteiger partial charge in [0.25, 0.3) is 5.91 Å². The maximum Gasteiger partial charge on any atom is 0.306 e. The van der Waals surface area contributed by atoms with Gasteiger partial charge in [-0.05, 0) is 19.8 Å². The highest BCUT2D eigenvalue weighted by molar-refractivity contribution is 5.80. The molecule has 1 fully saturated rings. The quantitative estimate of drug-likeness (QED) is 0.754. The molecule has 3 rings (SSSR count). The van der Waals surface area contributed by atoms with Crippen molar-refractivity contribution in [2.45, 2.75) is 57.9 Å². The van der Waals surface area contributed by atoms with E-state index in [2.05, 4.69) is 10.3 Å². The Morgan fingerprint density at radius 2 is 1.93 bits per heavy atom. The number of benzene rings is 1. The van der Waals surface area contributed by atoms with Crippen molar-refractivity contribution in [2.75, 3.05) is 6.61 Å². The Hall–Kier alpha value is -2.63. The monoisotopic (exact) mass is 370 g/mol. The standard InChI is InChI=1S/C21H26N2O4/c1-15-7-9-16(10-8-15)18-13-22-20(27-18)11-12-21(25)26-14-19(24)23-17-5-3-2-4-6-17/h7-10,13,17H,2-6,11-12,14H2,1H3,(H,23,24). The Morgan fingerprint density at radius 1 is 1.19 bits per heavy atom. The molecule has 1 heterocycles. The highest BCUT2D eigenvalue weighted by Gasteiger charge is 2.17. The van der Waals surface area contributed by atoms with Gasteiger partial charge < -0.3 is 14.5 Å². The number of nitrogens with zero attached hydrogens (tertiary/aromatic N) is 1. The molecule has 0 unspecified atom stereocenters. The summed E-state index contributed by atoms with van der Waals surface area (Å²) in [6, 6.07) is 8.18. The lowest BCUT2D eigenvalue weighted by molar-refractivity contribution is -0.148. The zero-order valence-corrected chi connectivity index (χ0v) is 15.7. The fourth-order valence-corrected chi connectivity index (χ4v) is 3.22. The van der Waals surface area contributed by atoms with Crippen molar-refractivity contribution in [2.24, 2.45) is 0 Å². The third kappa shape index (κ3) is 5.94. The zero-order valence-electron chi connectivity index (χ0n) is 15.7. The molecule has 27 heavy (non-hydrogen) atoms.